The standard InChI is InChI=1S/C18H24N4O2/c1-12-19-16(24-21-12)15-6-5-11-22(15)17(23)20-14-9-7-13(8-10-14)18(2,3)4/h7-10,15H,5-6,11H2,1-4H3,(H,20,23). The van der Waals surface area contributed by atoms with Gasteiger partial charge in [0, 0.05) is 12.2 Å². The molecule has 1 atom stereocenters. The van der Waals surface area contributed by atoms with Gasteiger partial charge in [-0.3, -0.25) is 0 Å². The lowest BCUT2D eigenvalue weighted by atomic mass is 9.87. The molecule has 1 aromatic carbocycles. The first-order valence-corrected chi connectivity index (χ1v) is 8.33. The van der Waals surface area contributed by atoms with E-state index >= 15 is 0 Å². The van der Waals surface area contributed by atoms with Crippen LogP contribution in [0.2, 0.25) is 0 Å². The predicted octanol–water partition coefficient (Wildman–Crippen LogP) is 4.04. The SMILES string of the molecule is Cc1noc(C2CCCN2C(=O)Nc2ccc(C(C)(C)C)cc2)n1. The van der Waals surface area contributed by atoms with Gasteiger partial charge in [0.25, 0.3) is 0 Å². The Labute approximate surface area is 142 Å². The van der Waals surface area contributed by atoms with Gasteiger partial charge in [-0.15, -0.1) is 0 Å². The molecule has 128 valence electrons. The highest BCUT2D eigenvalue weighted by Crippen LogP contribution is 2.31. The number of anilines is 1. The van der Waals surface area contributed by atoms with Gasteiger partial charge in [-0.25, -0.2) is 4.79 Å². The molecule has 0 aliphatic carbocycles. The van der Waals surface area contributed by atoms with Gasteiger partial charge in [0.2, 0.25) is 5.89 Å². The third kappa shape index (κ3) is 3.42. The minimum Gasteiger partial charge on any atom is -0.337 e. The molecule has 3 rings (SSSR count). The van der Waals surface area contributed by atoms with Gasteiger partial charge in [0.15, 0.2) is 5.82 Å². The van der Waals surface area contributed by atoms with Crippen LogP contribution in [0.4, 0.5) is 10.5 Å². The van der Waals surface area contributed by atoms with Crippen molar-refractivity contribution in [2.45, 2.75) is 52.0 Å². The second-order valence-corrected chi connectivity index (χ2v) is 7.29. The van der Waals surface area contributed by atoms with E-state index in [0.717, 1.165) is 18.5 Å². The molecule has 1 aromatic heterocycles. The molecule has 0 saturated carbocycles. The Bertz CT molecular complexity index is 715. The minimum absolute atomic E-state index is 0.0956. The molecule has 1 unspecified atom stereocenters. The van der Waals surface area contributed by atoms with Crippen molar-refractivity contribution in [2.24, 2.45) is 0 Å². The molecule has 1 aliphatic rings. The fourth-order valence-electron chi connectivity index (χ4n) is 2.96. The monoisotopic (exact) mass is 328 g/mol. The summed E-state index contributed by atoms with van der Waals surface area (Å²) >= 11 is 0. The highest BCUT2D eigenvalue weighted by atomic mass is 16.5. The van der Waals surface area contributed by atoms with Crippen LogP contribution in [0.1, 0.15) is 56.9 Å². The zero-order chi connectivity index (χ0) is 17.3. The minimum atomic E-state index is -0.139. The lowest BCUT2D eigenvalue weighted by Crippen LogP contribution is -2.34. The topological polar surface area (TPSA) is 71.3 Å². The van der Waals surface area contributed by atoms with Crippen molar-refractivity contribution in [3.8, 4) is 0 Å². The van der Waals surface area contributed by atoms with Crippen molar-refractivity contribution in [2.75, 3.05) is 11.9 Å². The van der Waals surface area contributed by atoms with Crippen molar-refractivity contribution in [1.29, 1.82) is 0 Å². The van der Waals surface area contributed by atoms with Crippen LogP contribution < -0.4 is 5.32 Å². The molecule has 1 aliphatic heterocycles. The first-order valence-electron chi connectivity index (χ1n) is 8.33. The van der Waals surface area contributed by atoms with Gasteiger partial charge < -0.3 is 14.7 Å². The molecule has 1 fully saturated rings. The van der Waals surface area contributed by atoms with E-state index in [4.69, 9.17) is 4.52 Å². The molecular formula is C18H24N4O2. The number of likely N-dealkylation sites (tertiary alicyclic amines) is 1. The Kier molecular flexibility index (Phi) is 4.30. The number of amides is 2. The molecule has 6 nitrogen and oxygen atoms in total. The highest BCUT2D eigenvalue weighted by molar-refractivity contribution is 5.89. The lowest BCUT2D eigenvalue weighted by Gasteiger charge is -2.23. The van der Waals surface area contributed by atoms with E-state index in [0.29, 0.717) is 18.3 Å². The van der Waals surface area contributed by atoms with Crippen molar-refractivity contribution >= 4 is 11.7 Å². The Morgan fingerprint density at radius 1 is 1.29 bits per heavy atom. The number of nitrogens with zero attached hydrogens (tertiary/aromatic N) is 3. The number of rotatable bonds is 2. The van der Waals surface area contributed by atoms with Crippen LogP contribution in [0.15, 0.2) is 28.8 Å². The number of hydrogen-bond donors (Lipinski definition) is 1. The number of urea groups is 1. The Morgan fingerprint density at radius 3 is 2.58 bits per heavy atom. The number of carbonyl (C=O) groups excluding carboxylic acids is 1. The number of hydrogen-bond acceptors (Lipinski definition) is 4. The third-order valence-corrected chi connectivity index (χ3v) is 4.34. The summed E-state index contributed by atoms with van der Waals surface area (Å²) < 4.78 is 5.25. The van der Waals surface area contributed by atoms with E-state index in [9.17, 15) is 4.79 Å². The van der Waals surface area contributed by atoms with E-state index in [1.54, 1.807) is 11.8 Å². The van der Waals surface area contributed by atoms with Gasteiger partial charge in [-0.1, -0.05) is 38.1 Å². The first-order chi connectivity index (χ1) is 11.3. The summed E-state index contributed by atoms with van der Waals surface area (Å²) in [5.74, 6) is 1.11. The van der Waals surface area contributed by atoms with Crippen LogP contribution >= 0.6 is 0 Å². The zero-order valence-corrected chi connectivity index (χ0v) is 14.7. The van der Waals surface area contributed by atoms with Gasteiger partial charge in [-0.05, 0) is 42.9 Å². The quantitative estimate of drug-likeness (QED) is 0.903. The summed E-state index contributed by atoms with van der Waals surface area (Å²) in [6, 6.07) is 7.73. The van der Waals surface area contributed by atoms with Gasteiger partial charge >= 0.3 is 6.03 Å². The molecule has 6 heteroatoms. The average Bonchev–Trinajstić information content (AvgIpc) is 3.15. The fraction of sp³-hybridized carbons (Fsp3) is 0.500. The fourth-order valence-corrected chi connectivity index (χ4v) is 2.96. The van der Waals surface area contributed by atoms with Gasteiger partial charge in [-0.2, -0.15) is 4.98 Å². The number of aryl methyl sites for hydroxylation is 1. The van der Waals surface area contributed by atoms with E-state index in [1.165, 1.54) is 5.56 Å². The molecule has 1 saturated heterocycles. The first kappa shape index (κ1) is 16.5. The van der Waals surface area contributed by atoms with Crippen molar-refractivity contribution in [3.63, 3.8) is 0 Å². The van der Waals surface area contributed by atoms with Crippen LogP contribution in [0.25, 0.3) is 0 Å². The second-order valence-electron chi connectivity index (χ2n) is 7.29. The van der Waals surface area contributed by atoms with Crippen molar-refractivity contribution < 1.29 is 9.32 Å². The van der Waals surface area contributed by atoms with E-state index in [2.05, 4.69) is 48.4 Å². The van der Waals surface area contributed by atoms with Gasteiger partial charge in [0.1, 0.15) is 6.04 Å². The summed E-state index contributed by atoms with van der Waals surface area (Å²) in [4.78, 5) is 18.7. The Morgan fingerprint density at radius 2 is 2.00 bits per heavy atom. The van der Waals surface area contributed by atoms with Crippen molar-refractivity contribution in [1.82, 2.24) is 15.0 Å². The van der Waals surface area contributed by atoms with E-state index < -0.39 is 0 Å². The summed E-state index contributed by atoms with van der Waals surface area (Å²) in [7, 11) is 0. The Balaban J connectivity index is 1.70. The average molecular weight is 328 g/mol. The van der Waals surface area contributed by atoms with Gasteiger partial charge in [0.05, 0.1) is 0 Å². The molecule has 0 bridgehead atoms. The predicted molar refractivity (Wildman–Crippen MR) is 91.9 cm³/mol. The van der Waals surface area contributed by atoms with Crippen LogP contribution in [0.3, 0.4) is 0 Å². The number of nitrogens with one attached hydrogen (secondary N) is 1. The van der Waals surface area contributed by atoms with Crippen LogP contribution in [-0.2, 0) is 5.41 Å². The smallest absolute Gasteiger partial charge is 0.322 e. The van der Waals surface area contributed by atoms with Crippen molar-refractivity contribution in [3.05, 3.63) is 41.5 Å². The maximum Gasteiger partial charge on any atom is 0.322 e. The maximum atomic E-state index is 12.6. The summed E-state index contributed by atoms with van der Waals surface area (Å²) in [6.07, 6.45) is 1.78. The summed E-state index contributed by atoms with van der Waals surface area (Å²) in [5.41, 5.74) is 2.12. The lowest BCUT2D eigenvalue weighted by molar-refractivity contribution is 0.193. The van der Waals surface area contributed by atoms with Crippen LogP contribution in [0.5, 0.6) is 0 Å². The maximum absolute atomic E-state index is 12.6. The number of carbonyl (C=O) groups is 1. The second kappa shape index (κ2) is 6.26. The molecule has 24 heavy (non-hydrogen) atoms. The molecular weight excluding hydrogens is 304 g/mol. The largest absolute Gasteiger partial charge is 0.337 e. The molecule has 2 aromatic rings. The molecule has 1 N–H and O–H groups in total. The zero-order valence-electron chi connectivity index (χ0n) is 14.7. The van der Waals surface area contributed by atoms with Crippen LogP contribution in [-0.4, -0.2) is 27.6 Å². The Hall–Kier alpha value is -2.37. The third-order valence-electron chi connectivity index (χ3n) is 4.34. The molecule has 0 spiro atoms. The molecule has 0 radical (unpaired) electrons. The van der Waals surface area contributed by atoms with E-state index in [1.807, 2.05) is 12.1 Å². The van der Waals surface area contributed by atoms with E-state index in [-0.39, 0.29) is 17.5 Å². The summed E-state index contributed by atoms with van der Waals surface area (Å²) in [5, 5.41) is 6.79. The molecule has 2 heterocycles. The molecule has 2 amide bonds. The summed E-state index contributed by atoms with van der Waals surface area (Å²) in [6.45, 7) is 8.98. The van der Waals surface area contributed by atoms with Crippen LogP contribution in [0, 0.1) is 6.92 Å². The number of benzene rings is 1. The number of aromatic nitrogens is 2. The normalized spacial score (nSPS) is 18.0. The highest BCUT2D eigenvalue weighted by Gasteiger charge is 2.33.